The minimum atomic E-state index is -0.0862. The highest BCUT2D eigenvalue weighted by atomic mass is 32.1. The largest absolute Gasteiger partial charge is 0.334 e. The SMILES string of the molecule is CC(=O)CC1CCCCCN1C(=O)c1csnn1. The van der Waals surface area contributed by atoms with Crippen molar-refractivity contribution in [3.05, 3.63) is 11.1 Å². The number of hydrogen-bond acceptors (Lipinski definition) is 5. The smallest absolute Gasteiger partial charge is 0.275 e. The van der Waals surface area contributed by atoms with Gasteiger partial charge in [0.05, 0.1) is 0 Å². The molecule has 1 aliphatic rings. The molecule has 0 spiro atoms. The fraction of sp³-hybridized carbons (Fsp3) is 0.667. The number of carbonyl (C=O) groups is 2. The first-order valence-electron chi connectivity index (χ1n) is 6.26. The van der Waals surface area contributed by atoms with E-state index in [1.54, 1.807) is 12.3 Å². The monoisotopic (exact) mass is 267 g/mol. The van der Waals surface area contributed by atoms with E-state index in [1.807, 2.05) is 4.90 Å². The molecule has 1 unspecified atom stereocenters. The summed E-state index contributed by atoms with van der Waals surface area (Å²) in [5.74, 6) is 0.0491. The van der Waals surface area contributed by atoms with Crippen molar-refractivity contribution in [1.82, 2.24) is 14.5 Å². The van der Waals surface area contributed by atoms with E-state index in [0.29, 0.717) is 18.7 Å². The van der Waals surface area contributed by atoms with Gasteiger partial charge in [-0.2, -0.15) is 0 Å². The first-order valence-corrected chi connectivity index (χ1v) is 7.09. The number of hydrogen-bond donors (Lipinski definition) is 0. The van der Waals surface area contributed by atoms with Crippen molar-refractivity contribution in [3.63, 3.8) is 0 Å². The van der Waals surface area contributed by atoms with Gasteiger partial charge in [-0.05, 0) is 31.3 Å². The first kappa shape index (κ1) is 13.1. The number of nitrogens with zero attached hydrogens (tertiary/aromatic N) is 3. The molecule has 0 N–H and O–H groups in total. The maximum Gasteiger partial charge on any atom is 0.275 e. The Hall–Kier alpha value is -1.30. The van der Waals surface area contributed by atoms with Gasteiger partial charge in [-0.15, -0.1) is 5.10 Å². The zero-order valence-electron chi connectivity index (χ0n) is 10.5. The molecule has 1 aliphatic heterocycles. The second kappa shape index (κ2) is 6.04. The maximum atomic E-state index is 12.3. The van der Waals surface area contributed by atoms with Crippen molar-refractivity contribution in [2.24, 2.45) is 0 Å². The molecule has 1 amide bonds. The summed E-state index contributed by atoms with van der Waals surface area (Å²) in [5, 5.41) is 5.49. The summed E-state index contributed by atoms with van der Waals surface area (Å²) in [7, 11) is 0. The van der Waals surface area contributed by atoms with Crippen molar-refractivity contribution >= 4 is 23.2 Å². The van der Waals surface area contributed by atoms with Crippen LogP contribution in [0, 0.1) is 0 Å². The molecule has 0 aromatic carbocycles. The summed E-state index contributed by atoms with van der Waals surface area (Å²) < 4.78 is 3.72. The standard InChI is InChI=1S/C12H17N3O2S/c1-9(16)7-10-5-3-2-4-6-15(10)12(17)11-8-18-14-13-11/h8,10H,2-7H2,1H3. The summed E-state index contributed by atoms with van der Waals surface area (Å²) in [4.78, 5) is 25.4. The average Bonchev–Trinajstić information content (AvgIpc) is 2.76. The van der Waals surface area contributed by atoms with E-state index in [0.717, 1.165) is 25.7 Å². The van der Waals surface area contributed by atoms with E-state index < -0.39 is 0 Å². The number of amides is 1. The Morgan fingerprint density at radius 1 is 1.44 bits per heavy atom. The lowest BCUT2D eigenvalue weighted by Crippen LogP contribution is -2.41. The van der Waals surface area contributed by atoms with Gasteiger partial charge in [0.1, 0.15) is 5.78 Å². The van der Waals surface area contributed by atoms with Crippen molar-refractivity contribution < 1.29 is 9.59 Å². The second-order valence-electron chi connectivity index (χ2n) is 4.70. The molecule has 0 aliphatic carbocycles. The van der Waals surface area contributed by atoms with Gasteiger partial charge in [0.2, 0.25) is 0 Å². The zero-order valence-corrected chi connectivity index (χ0v) is 11.3. The van der Waals surface area contributed by atoms with Crippen molar-refractivity contribution in [3.8, 4) is 0 Å². The molecule has 0 radical (unpaired) electrons. The third-order valence-corrected chi connectivity index (χ3v) is 3.74. The topological polar surface area (TPSA) is 63.2 Å². The molecule has 98 valence electrons. The minimum absolute atomic E-state index is 0.0270. The highest BCUT2D eigenvalue weighted by molar-refractivity contribution is 7.03. The predicted molar refractivity (Wildman–Crippen MR) is 68.5 cm³/mol. The average molecular weight is 267 g/mol. The van der Waals surface area contributed by atoms with E-state index in [4.69, 9.17) is 0 Å². The van der Waals surface area contributed by atoms with Gasteiger partial charge in [-0.25, -0.2) is 0 Å². The molecule has 0 saturated carbocycles. The van der Waals surface area contributed by atoms with Crippen molar-refractivity contribution in [2.75, 3.05) is 6.54 Å². The van der Waals surface area contributed by atoms with E-state index in [1.165, 1.54) is 11.5 Å². The second-order valence-corrected chi connectivity index (χ2v) is 5.31. The maximum absolute atomic E-state index is 12.3. The third kappa shape index (κ3) is 3.13. The van der Waals surface area contributed by atoms with Gasteiger partial charge in [0.15, 0.2) is 5.69 Å². The molecule has 6 heteroatoms. The lowest BCUT2D eigenvalue weighted by Gasteiger charge is -2.28. The van der Waals surface area contributed by atoms with Crippen LogP contribution in [-0.2, 0) is 4.79 Å². The Balaban J connectivity index is 2.14. The summed E-state index contributed by atoms with van der Waals surface area (Å²) in [6.45, 7) is 2.30. The number of likely N-dealkylation sites (tertiary alicyclic amines) is 1. The predicted octanol–water partition coefficient (Wildman–Crippen LogP) is 1.90. The molecule has 2 rings (SSSR count). The number of rotatable bonds is 3. The molecular formula is C12H17N3O2S. The molecule has 1 aromatic heterocycles. The first-order chi connectivity index (χ1) is 8.68. The summed E-state index contributed by atoms with van der Waals surface area (Å²) >= 11 is 1.18. The summed E-state index contributed by atoms with van der Waals surface area (Å²) in [6, 6.07) is 0.0270. The molecule has 18 heavy (non-hydrogen) atoms. The van der Waals surface area contributed by atoms with Crippen LogP contribution in [0.3, 0.4) is 0 Å². The Bertz CT molecular complexity index is 419. The number of Topliss-reactive ketones (excluding diaryl/α,β-unsaturated/α-hetero) is 1. The highest BCUT2D eigenvalue weighted by Gasteiger charge is 2.28. The Labute approximate surface area is 110 Å². The van der Waals surface area contributed by atoms with Crippen LogP contribution in [0.25, 0.3) is 0 Å². The Morgan fingerprint density at radius 3 is 2.94 bits per heavy atom. The Morgan fingerprint density at radius 2 is 2.28 bits per heavy atom. The number of ketones is 1. The molecule has 0 bridgehead atoms. The van der Waals surface area contributed by atoms with Gasteiger partial charge >= 0.3 is 0 Å². The van der Waals surface area contributed by atoms with Crippen LogP contribution < -0.4 is 0 Å². The third-order valence-electron chi connectivity index (χ3n) is 3.24. The lowest BCUT2D eigenvalue weighted by atomic mass is 10.0. The molecule has 1 atom stereocenters. The number of aromatic nitrogens is 2. The van der Waals surface area contributed by atoms with Crippen LogP contribution in [0.2, 0.25) is 0 Å². The normalized spacial score (nSPS) is 20.5. The van der Waals surface area contributed by atoms with E-state index in [2.05, 4.69) is 9.59 Å². The van der Waals surface area contributed by atoms with Gasteiger partial charge < -0.3 is 4.90 Å². The molecule has 5 nitrogen and oxygen atoms in total. The van der Waals surface area contributed by atoms with Gasteiger partial charge in [0, 0.05) is 24.4 Å². The molecule has 2 heterocycles. The lowest BCUT2D eigenvalue weighted by molar-refractivity contribution is -0.118. The van der Waals surface area contributed by atoms with Crippen molar-refractivity contribution in [2.45, 2.75) is 45.1 Å². The fourth-order valence-electron chi connectivity index (χ4n) is 2.39. The zero-order chi connectivity index (χ0) is 13.0. The number of carbonyl (C=O) groups excluding carboxylic acids is 2. The van der Waals surface area contributed by atoms with Crippen LogP contribution in [0.5, 0.6) is 0 Å². The van der Waals surface area contributed by atoms with Crippen LogP contribution >= 0.6 is 11.5 Å². The van der Waals surface area contributed by atoms with Crippen molar-refractivity contribution in [1.29, 1.82) is 0 Å². The summed E-state index contributed by atoms with van der Waals surface area (Å²) in [6.07, 6.45) is 4.55. The van der Waals surface area contributed by atoms with Crippen LogP contribution in [-0.4, -0.2) is 38.8 Å². The van der Waals surface area contributed by atoms with E-state index in [-0.39, 0.29) is 17.7 Å². The molecule has 1 fully saturated rings. The van der Waals surface area contributed by atoms with Crippen LogP contribution in [0.1, 0.15) is 49.5 Å². The van der Waals surface area contributed by atoms with E-state index >= 15 is 0 Å². The van der Waals surface area contributed by atoms with Gasteiger partial charge in [-0.1, -0.05) is 17.3 Å². The quantitative estimate of drug-likeness (QED) is 0.839. The van der Waals surface area contributed by atoms with E-state index in [9.17, 15) is 9.59 Å². The minimum Gasteiger partial charge on any atom is -0.334 e. The Kier molecular flexibility index (Phi) is 4.41. The molecular weight excluding hydrogens is 250 g/mol. The van der Waals surface area contributed by atoms with Gasteiger partial charge in [0.25, 0.3) is 5.91 Å². The summed E-state index contributed by atoms with van der Waals surface area (Å²) in [5.41, 5.74) is 0.399. The molecule has 1 saturated heterocycles. The van der Waals surface area contributed by atoms with Crippen LogP contribution in [0.15, 0.2) is 5.38 Å². The van der Waals surface area contributed by atoms with Gasteiger partial charge in [-0.3, -0.25) is 9.59 Å². The fourth-order valence-corrected chi connectivity index (χ4v) is 2.82. The highest BCUT2D eigenvalue weighted by Crippen LogP contribution is 2.21. The van der Waals surface area contributed by atoms with Crippen LogP contribution in [0.4, 0.5) is 0 Å². The molecule has 1 aromatic rings.